The number of nitrogens with one attached hydrogen (secondary N) is 1. The predicted molar refractivity (Wildman–Crippen MR) is 90.5 cm³/mol. The highest BCUT2D eigenvalue weighted by atomic mass is 32.2. The zero-order chi connectivity index (χ0) is 16.7. The van der Waals surface area contributed by atoms with Gasteiger partial charge >= 0.3 is 0 Å². The molecule has 1 atom stereocenters. The summed E-state index contributed by atoms with van der Waals surface area (Å²) in [4.78, 5) is 25.8. The molecule has 4 nitrogen and oxygen atoms in total. The molecule has 1 aromatic rings. The van der Waals surface area contributed by atoms with E-state index in [2.05, 4.69) is 5.32 Å². The topological polar surface area (TPSA) is 49.4 Å². The second-order valence-electron chi connectivity index (χ2n) is 5.74. The summed E-state index contributed by atoms with van der Waals surface area (Å²) in [7, 11) is 0. The molecule has 0 saturated carbocycles. The van der Waals surface area contributed by atoms with Gasteiger partial charge in [0.2, 0.25) is 11.8 Å². The molecule has 6 heteroatoms. The van der Waals surface area contributed by atoms with E-state index < -0.39 is 0 Å². The van der Waals surface area contributed by atoms with Crippen LogP contribution in [-0.2, 0) is 16.1 Å². The molecule has 0 aromatic heterocycles. The van der Waals surface area contributed by atoms with Crippen molar-refractivity contribution in [2.75, 3.05) is 25.1 Å². The summed E-state index contributed by atoms with van der Waals surface area (Å²) in [5, 5.41) is 2.93. The third kappa shape index (κ3) is 5.23. The van der Waals surface area contributed by atoms with E-state index in [1.165, 1.54) is 6.07 Å². The zero-order valence-electron chi connectivity index (χ0n) is 13.4. The lowest BCUT2D eigenvalue weighted by molar-refractivity contribution is -0.138. The van der Waals surface area contributed by atoms with Crippen LogP contribution >= 0.6 is 11.8 Å². The van der Waals surface area contributed by atoms with Crippen molar-refractivity contribution in [1.82, 2.24) is 10.2 Å². The molecule has 0 bridgehead atoms. The largest absolute Gasteiger partial charge is 0.356 e. The number of amides is 2. The number of nitrogens with zero attached hydrogens (tertiary/aromatic N) is 1. The number of hydrogen-bond donors (Lipinski definition) is 1. The van der Waals surface area contributed by atoms with E-state index in [-0.39, 0.29) is 30.1 Å². The number of carbonyl (C=O) groups is 2. The van der Waals surface area contributed by atoms with Gasteiger partial charge in [-0.25, -0.2) is 4.39 Å². The number of thioether (sulfide) groups is 1. The number of likely N-dealkylation sites (tertiary alicyclic amines) is 1. The van der Waals surface area contributed by atoms with Crippen LogP contribution in [0.4, 0.5) is 4.39 Å². The molecule has 1 unspecified atom stereocenters. The first kappa shape index (κ1) is 17.8. The van der Waals surface area contributed by atoms with Crippen LogP contribution in [0.3, 0.4) is 0 Å². The van der Waals surface area contributed by atoms with Gasteiger partial charge in [-0.3, -0.25) is 9.59 Å². The number of hydrogen-bond acceptors (Lipinski definition) is 3. The molecule has 2 amide bonds. The molecule has 23 heavy (non-hydrogen) atoms. The molecule has 1 aliphatic rings. The van der Waals surface area contributed by atoms with Gasteiger partial charge in [-0.05, 0) is 30.9 Å². The minimum absolute atomic E-state index is 0.00265. The Bertz CT molecular complexity index is 553. The first-order chi connectivity index (χ1) is 11.1. The van der Waals surface area contributed by atoms with Crippen molar-refractivity contribution in [3.05, 3.63) is 35.6 Å². The van der Waals surface area contributed by atoms with Crippen LogP contribution in [0.1, 0.15) is 24.8 Å². The van der Waals surface area contributed by atoms with Crippen LogP contribution in [0.5, 0.6) is 0 Å². The van der Waals surface area contributed by atoms with Crippen molar-refractivity contribution >= 4 is 23.6 Å². The lowest BCUT2D eigenvalue weighted by Gasteiger charge is -2.32. The third-order valence-corrected chi connectivity index (χ3v) is 4.71. The highest BCUT2D eigenvalue weighted by Crippen LogP contribution is 2.21. The molecule has 0 aliphatic carbocycles. The van der Waals surface area contributed by atoms with Crippen molar-refractivity contribution in [3.8, 4) is 0 Å². The Morgan fingerprint density at radius 1 is 1.43 bits per heavy atom. The lowest BCUT2D eigenvalue weighted by Crippen LogP contribution is -2.45. The molecule has 1 heterocycles. The van der Waals surface area contributed by atoms with Crippen molar-refractivity contribution in [2.45, 2.75) is 25.8 Å². The molecule has 0 spiro atoms. The zero-order valence-corrected chi connectivity index (χ0v) is 14.2. The fourth-order valence-electron chi connectivity index (χ4n) is 2.69. The fourth-order valence-corrected chi connectivity index (χ4v) is 3.12. The fraction of sp³-hybridized carbons (Fsp3) is 0.529. The van der Waals surface area contributed by atoms with Gasteiger partial charge in [0.1, 0.15) is 5.82 Å². The van der Waals surface area contributed by atoms with Crippen molar-refractivity contribution in [2.24, 2.45) is 5.92 Å². The Hall–Kier alpha value is -1.56. The number of halogens is 1. The summed E-state index contributed by atoms with van der Waals surface area (Å²) in [5.41, 5.74) is 0.488. The summed E-state index contributed by atoms with van der Waals surface area (Å²) in [5.74, 6) is 0.484. The molecular weight excluding hydrogens is 315 g/mol. The maximum atomic E-state index is 13.7. The summed E-state index contributed by atoms with van der Waals surface area (Å²) < 4.78 is 13.7. The Balaban J connectivity index is 1.90. The maximum absolute atomic E-state index is 13.7. The molecule has 0 radical (unpaired) electrons. The lowest BCUT2D eigenvalue weighted by atomic mass is 9.96. The number of rotatable bonds is 7. The second-order valence-corrected chi connectivity index (χ2v) is 6.72. The van der Waals surface area contributed by atoms with Gasteiger partial charge in [0.05, 0.1) is 5.92 Å². The summed E-state index contributed by atoms with van der Waals surface area (Å²) in [6.07, 6.45) is 3.89. The Morgan fingerprint density at radius 3 is 2.96 bits per heavy atom. The van der Waals surface area contributed by atoms with Crippen LogP contribution in [0.25, 0.3) is 0 Å². The third-order valence-electron chi connectivity index (χ3n) is 4.01. The molecule has 1 aliphatic heterocycles. The van der Waals surface area contributed by atoms with Gasteiger partial charge in [-0.1, -0.05) is 18.2 Å². The van der Waals surface area contributed by atoms with Gasteiger partial charge in [0.15, 0.2) is 0 Å². The summed E-state index contributed by atoms with van der Waals surface area (Å²) in [6.45, 7) is 1.25. The van der Waals surface area contributed by atoms with E-state index in [0.29, 0.717) is 31.5 Å². The molecular formula is C17H23FN2O2S. The highest BCUT2D eigenvalue weighted by Gasteiger charge is 2.30. The Labute approximate surface area is 140 Å². The molecule has 1 N–H and O–H groups in total. The van der Waals surface area contributed by atoms with Crippen molar-refractivity contribution < 1.29 is 14.0 Å². The minimum Gasteiger partial charge on any atom is -0.356 e. The molecule has 1 fully saturated rings. The SMILES string of the molecule is CSCCCNC(=O)C1CCC(=O)N(Cc2ccccc2F)C1. The average Bonchev–Trinajstić information content (AvgIpc) is 2.55. The molecule has 2 rings (SSSR count). The van der Waals surface area contributed by atoms with Crippen LogP contribution in [0.2, 0.25) is 0 Å². The minimum atomic E-state index is -0.316. The average molecular weight is 338 g/mol. The van der Waals surface area contributed by atoms with E-state index in [1.54, 1.807) is 34.9 Å². The van der Waals surface area contributed by atoms with Gasteiger partial charge in [0.25, 0.3) is 0 Å². The normalized spacial score (nSPS) is 18.1. The highest BCUT2D eigenvalue weighted by molar-refractivity contribution is 7.98. The van der Waals surface area contributed by atoms with E-state index in [1.807, 2.05) is 6.26 Å². The Kier molecular flexibility index (Phi) is 6.89. The van der Waals surface area contributed by atoms with Gasteiger partial charge in [-0.15, -0.1) is 0 Å². The van der Waals surface area contributed by atoms with Crippen LogP contribution in [0.15, 0.2) is 24.3 Å². The van der Waals surface area contributed by atoms with Crippen molar-refractivity contribution in [3.63, 3.8) is 0 Å². The van der Waals surface area contributed by atoms with Crippen molar-refractivity contribution in [1.29, 1.82) is 0 Å². The molecule has 1 saturated heterocycles. The van der Waals surface area contributed by atoms with E-state index in [9.17, 15) is 14.0 Å². The summed E-state index contributed by atoms with van der Waals surface area (Å²) in [6, 6.07) is 6.44. The van der Waals surface area contributed by atoms with Gasteiger partial charge in [-0.2, -0.15) is 11.8 Å². The van der Waals surface area contributed by atoms with Crippen LogP contribution in [0, 0.1) is 11.7 Å². The predicted octanol–water partition coefficient (Wildman–Crippen LogP) is 2.43. The quantitative estimate of drug-likeness (QED) is 0.777. The van der Waals surface area contributed by atoms with Crippen LogP contribution in [-0.4, -0.2) is 41.8 Å². The first-order valence-corrected chi connectivity index (χ1v) is 9.29. The van der Waals surface area contributed by atoms with Crippen LogP contribution < -0.4 is 5.32 Å². The summed E-state index contributed by atoms with van der Waals surface area (Å²) >= 11 is 1.75. The number of benzene rings is 1. The smallest absolute Gasteiger partial charge is 0.224 e. The first-order valence-electron chi connectivity index (χ1n) is 7.89. The monoisotopic (exact) mass is 338 g/mol. The number of carbonyl (C=O) groups excluding carboxylic acids is 2. The standard InChI is InChI=1S/C17H23FN2O2S/c1-23-10-4-9-19-17(22)14-7-8-16(21)20(12-14)11-13-5-2-3-6-15(13)18/h2-3,5-6,14H,4,7-12H2,1H3,(H,19,22). The maximum Gasteiger partial charge on any atom is 0.224 e. The number of piperidine rings is 1. The van der Waals surface area contributed by atoms with E-state index in [0.717, 1.165) is 12.2 Å². The Morgan fingerprint density at radius 2 is 2.22 bits per heavy atom. The van der Waals surface area contributed by atoms with E-state index in [4.69, 9.17) is 0 Å². The molecule has 1 aromatic carbocycles. The van der Waals surface area contributed by atoms with Gasteiger partial charge < -0.3 is 10.2 Å². The van der Waals surface area contributed by atoms with Gasteiger partial charge in [0, 0.05) is 31.6 Å². The second kappa shape index (κ2) is 8.91. The van der Waals surface area contributed by atoms with E-state index >= 15 is 0 Å². The molecule has 126 valence electrons.